The molecular formula is C18H20BrNO3. The van der Waals surface area contributed by atoms with Crippen molar-refractivity contribution >= 4 is 21.8 Å². The lowest BCUT2D eigenvalue weighted by Crippen LogP contribution is -2.29. The molecule has 0 fully saturated rings. The number of nitrogens with one attached hydrogen (secondary N) is 1. The Labute approximate surface area is 144 Å². The standard InChI is InChI=1S/C18H20BrNO3/c1-2-22-16-6-8-17(9-7-16)23-11-10-20-18(21)13-14-4-3-5-15(19)12-14/h3-9,12H,2,10-11,13H2,1H3,(H,20,21). The van der Waals surface area contributed by atoms with Crippen molar-refractivity contribution in [3.05, 3.63) is 58.6 Å². The summed E-state index contributed by atoms with van der Waals surface area (Å²) in [6.45, 7) is 3.49. The van der Waals surface area contributed by atoms with Crippen LogP contribution in [0, 0.1) is 0 Å². The van der Waals surface area contributed by atoms with Gasteiger partial charge in [0.2, 0.25) is 5.91 Å². The molecule has 0 saturated carbocycles. The van der Waals surface area contributed by atoms with E-state index in [4.69, 9.17) is 9.47 Å². The maximum Gasteiger partial charge on any atom is 0.224 e. The highest BCUT2D eigenvalue weighted by molar-refractivity contribution is 9.10. The Morgan fingerprint density at radius 2 is 1.78 bits per heavy atom. The SMILES string of the molecule is CCOc1ccc(OCCNC(=O)Cc2cccc(Br)c2)cc1. The molecule has 2 rings (SSSR count). The van der Waals surface area contributed by atoms with Gasteiger partial charge in [0.1, 0.15) is 18.1 Å². The topological polar surface area (TPSA) is 47.6 Å². The number of amides is 1. The molecule has 0 saturated heterocycles. The van der Waals surface area contributed by atoms with Crippen LogP contribution >= 0.6 is 15.9 Å². The zero-order chi connectivity index (χ0) is 16.5. The summed E-state index contributed by atoms with van der Waals surface area (Å²) in [5.74, 6) is 1.57. The van der Waals surface area contributed by atoms with Crippen LogP contribution in [0.15, 0.2) is 53.0 Å². The van der Waals surface area contributed by atoms with E-state index in [-0.39, 0.29) is 5.91 Å². The number of benzene rings is 2. The van der Waals surface area contributed by atoms with Gasteiger partial charge in [0.25, 0.3) is 0 Å². The van der Waals surface area contributed by atoms with Gasteiger partial charge in [-0.05, 0) is 48.9 Å². The van der Waals surface area contributed by atoms with Crippen molar-refractivity contribution in [2.24, 2.45) is 0 Å². The maximum absolute atomic E-state index is 11.9. The van der Waals surface area contributed by atoms with Crippen molar-refractivity contribution in [3.63, 3.8) is 0 Å². The van der Waals surface area contributed by atoms with Gasteiger partial charge < -0.3 is 14.8 Å². The van der Waals surface area contributed by atoms with Crippen molar-refractivity contribution in [2.75, 3.05) is 19.8 Å². The second kappa shape index (κ2) is 9.20. The Balaban J connectivity index is 1.67. The Morgan fingerprint density at radius 1 is 1.09 bits per heavy atom. The van der Waals surface area contributed by atoms with Crippen LogP contribution in [0.3, 0.4) is 0 Å². The molecule has 1 N–H and O–H groups in total. The van der Waals surface area contributed by atoms with Crippen molar-refractivity contribution < 1.29 is 14.3 Å². The lowest BCUT2D eigenvalue weighted by Gasteiger charge is -2.09. The molecule has 0 aliphatic carbocycles. The van der Waals surface area contributed by atoms with E-state index >= 15 is 0 Å². The van der Waals surface area contributed by atoms with Crippen LogP contribution in [0.4, 0.5) is 0 Å². The molecule has 0 atom stereocenters. The predicted molar refractivity (Wildman–Crippen MR) is 94.0 cm³/mol. The number of halogens is 1. The van der Waals surface area contributed by atoms with Crippen molar-refractivity contribution in [3.8, 4) is 11.5 Å². The van der Waals surface area contributed by atoms with Crippen LogP contribution in [0.2, 0.25) is 0 Å². The van der Waals surface area contributed by atoms with Crippen LogP contribution in [0.1, 0.15) is 12.5 Å². The average Bonchev–Trinajstić information content (AvgIpc) is 2.53. The molecule has 0 radical (unpaired) electrons. The largest absolute Gasteiger partial charge is 0.494 e. The highest BCUT2D eigenvalue weighted by Gasteiger charge is 2.03. The third kappa shape index (κ3) is 6.32. The summed E-state index contributed by atoms with van der Waals surface area (Å²) < 4.78 is 11.9. The lowest BCUT2D eigenvalue weighted by molar-refractivity contribution is -0.120. The summed E-state index contributed by atoms with van der Waals surface area (Å²) in [5.41, 5.74) is 0.976. The first-order chi connectivity index (χ1) is 11.2. The molecule has 4 nitrogen and oxygen atoms in total. The van der Waals surface area contributed by atoms with Gasteiger partial charge in [-0.2, -0.15) is 0 Å². The van der Waals surface area contributed by atoms with E-state index < -0.39 is 0 Å². The molecule has 0 spiro atoms. The molecule has 2 aromatic carbocycles. The minimum atomic E-state index is -0.0154. The van der Waals surface area contributed by atoms with Gasteiger partial charge >= 0.3 is 0 Å². The molecule has 122 valence electrons. The molecule has 5 heteroatoms. The highest BCUT2D eigenvalue weighted by atomic mass is 79.9. The normalized spacial score (nSPS) is 10.2. The van der Waals surface area contributed by atoms with Crippen LogP contribution in [-0.4, -0.2) is 25.7 Å². The average molecular weight is 378 g/mol. The monoisotopic (exact) mass is 377 g/mol. The van der Waals surface area contributed by atoms with Gasteiger partial charge in [0.15, 0.2) is 0 Å². The number of carbonyl (C=O) groups excluding carboxylic acids is 1. The molecule has 0 aliphatic rings. The Bertz CT molecular complexity index is 628. The number of carbonyl (C=O) groups is 1. The predicted octanol–water partition coefficient (Wildman–Crippen LogP) is 3.59. The molecule has 0 heterocycles. The summed E-state index contributed by atoms with van der Waals surface area (Å²) in [6, 6.07) is 15.2. The van der Waals surface area contributed by atoms with E-state index in [0.29, 0.717) is 26.2 Å². The lowest BCUT2D eigenvalue weighted by atomic mass is 10.1. The highest BCUT2D eigenvalue weighted by Crippen LogP contribution is 2.17. The van der Waals surface area contributed by atoms with Crippen molar-refractivity contribution in [1.29, 1.82) is 0 Å². The van der Waals surface area contributed by atoms with Gasteiger partial charge in [-0.15, -0.1) is 0 Å². The first-order valence-electron chi connectivity index (χ1n) is 7.54. The summed E-state index contributed by atoms with van der Waals surface area (Å²) in [7, 11) is 0. The Hall–Kier alpha value is -2.01. The number of hydrogen-bond donors (Lipinski definition) is 1. The van der Waals surface area contributed by atoms with Crippen molar-refractivity contribution in [2.45, 2.75) is 13.3 Å². The zero-order valence-corrected chi connectivity index (χ0v) is 14.6. The minimum absolute atomic E-state index is 0.0154. The number of rotatable bonds is 8. The molecule has 1 amide bonds. The second-order valence-electron chi connectivity index (χ2n) is 4.91. The van der Waals surface area contributed by atoms with Crippen molar-refractivity contribution in [1.82, 2.24) is 5.32 Å². The van der Waals surface area contributed by atoms with E-state index in [2.05, 4.69) is 21.2 Å². The summed E-state index contributed by atoms with van der Waals surface area (Å²) in [6.07, 6.45) is 0.364. The van der Waals surface area contributed by atoms with Crippen LogP contribution in [0.25, 0.3) is 0 Å². The van der Waals surface area contributed by atoms with Gasteiger partial charge in [-0.25, -0.2) is 0 Å². The molecule has 0 bridgehead atoms. The maximum atomic E-state index is 11.9. The van der Waals surface area contributed by atoms with Gasteiger partial charge in [-0.1, -0.05) is 28.1 Å². The number of hydrogen-bond acceptors (Lipinski definition) is 3. The smallest absolute Gasteiger partial charge is 0.224 e. The fourth-order valence-electron chi connectivity index (χ4n) is 2.05. The van der Waals surface area contributed by atoms with Crippen LogP contribution in [-0.2, 0) is 11.2 Å². The molecule has 0 aromatic heterocycles. The van der Waals surface area contributed by atoms with E-state index in [0.717, 1.165) is 21.5 Å². The summed E-state index contributed by atoms with van der Waals surface area (Å²) in [5, 5.41) is 2.85. The first-order valence-corrected chi connectivity index (χ1v) is 8.33. The van der Waals surface area contributed by atoms with E-state index in [9.17, 15) is 4.79 Å². The number of ether oxygens (including phenoxy) is 2. The van der Waals surface area contributed by atoms with Crippen LogP contribution in [0.5, 0.6) is 11.5 Å². The van der Waals surface area contributed by atoms with Gasteiger partial charge in [0, 0.05) is 4.47 Å². The quantitative estimate of drug-likeness (QED) is 0.715. The van der Waals surface area contributed by atoms with E-state index in [1.165, 1.54) is 0 Å². The third-order valence-electron chi connectivity index (χ3n) is 3.08. The van der Waals surface area contributed by atoms with E-state index in [1.54, 1.807) is 0 Å². The molecule has 0 aliphatic heterocycles. The van der Waals surface area contributed by atoms with E-state index in [1.807, 2.05) is 55.5 Å². The Kier molecular flexibility index (Phi) is 6.94. The molecule has 23 heavy (non-hydrogen) atoms. The molecular weight excluding hydrogens is 358 g/mol. The fourth-order valence-corrected chi connectivity index (χ4v) is 2.50. The van der Waals surface area contributed by atoms with Crippen LogP contribution < -0.4 is 14.8 Å². The first kappa shape index (κ1) is 17.3. The second-order valence-corrected chi connectivity index (χ2v) is 5.83. The fraction of sp³-hybridized carbons (Fsp3) is 0.278. The van der Waals surface area contributed by atoms with Gasteiger partial charge in [0.05, 0.1) is 19.6 Å². The van der Waals surface area contributed by atoms with Gasteiger partial charge in [-0.3, -0.25) is 4.79 Å². The minimum Gasteiger partial charge on any atom is -0.494 e. The Morgan fingerprint density at radius 3 is 2.43 bits per heavy atom. The third-order valence-corrected chi connectivity index (χ3v) is 3.57. The molecule has 2 aromatic rings. The zero-order valence-electron chi connectivity index (χ0n) is 13.0. The molecule has 0 unspecified atom stereocenters. The summed E-state index contributed by atoms with van der Waals surface area (Å²) in [4.78, 5) is 11.9. The summed E-state index contributed by atoms with van der Waals surface area (Å²) >= 11 is 3.40.